The van der Waals surface area contributed by atoms with Gasteiger partial charge in [0.1, 0.15) is 0 Å². The Labute approximate surface area is 251 Å². The van der Waals surface area contributed by atoms with Crippen molar-refractivity contribution in [1.29, 1.82) is 0 Å². The summed E-state index contributed by atoms with van der Waals surface area (Å²) < 4.78 is 0. The van der Waals surface area contributed by atoms with Gasteiger partial charge in [0.15, 0.2) is 0 Å². The largest absolute Gasteiger partial charge is 0.310 e. The molecular formula is C42H29N. The van der Waals surface area contributed by atoms with E-state index in [4.69, 9.17) is 0 Å². The smallest absolute Gasteiger partial charge is 0.0468 e. The quantitative estimate of drug-likeness (QED) is 0.194. The van der Waals surface area contributed by atoms with Gasteiger partial charge in [-0.05, 0) is 91.0 Å². The van der Waals surface area contributed by atoms with Gasteiger partial charge in [-0.1, -0.05) is 140 Å². The third kappa shape index (κ3) is 4.62. The van der Waals surface area contributed by atoms with Crippen molar-refractivity contribution in [2.24, 2.45) is 0 Å². The molecular weight excluding hydrogens is 518 g/mol. The van der Waals surface area contributed by atoms with Crippen LogP contribution in [-0.2, 0) is 0 Å². The van der Waals surface area contributed by atoms with E-state index in [9.17, 15) is 0 Å². The first-order valence-electron chi connectivity index (χ1n) is 14.8. The van der Waals surface area contributed by atoms with Crippen LogP contribution in [0.5, 0.6) is 0 Å². The van der Waals surface area contributed by atoms with E-state index >= 15 is 0 Å². The molecule has 0 fully saturated rings. The molecule has 0 saturated carbocycles. The van der Waals surface area contributed by atoms with Gasteiger partial charge in [0.25, 0.3) is 0 Å². The van der Waals surface area contributed by atoms with E-state index in [1.54, 1.807) is 0 Å². The molecule has 8 aromatic carbocycles. The van der Waals surface area contributed by atoms with Crippen LogP contribution in [0.4, 0.5) is 17.1 Å². The Hall–Kier alpha value is -5.66. The van der Waals surface area contributed by atoms with E-state index < -0.39 is 0 Å². The minimum Gasteiger partial charge on any atom is -0.310 e. The molecule has 0 spiro atoms. The fraction of sp³-hybridized carbons (Fsp3) is 0. The average Bonchev–Trinajstić information content (AvgIpc) is 3.09. The second-order valence-electron chi connectivity index (χ2n) is 11.0. The summed E-state index contributed by atoms with van der Waals surface area (Å²) >= 11 is 0. The molecule has 202 valence electrons. The summed E-state index contributed by atoms with van der Waals surface area (Å²) in [6, 6.07) is 63.5. The number of hydrogen-bond donors (Lipinski definition) is 0. The van der Waals surface area contributed by atoms with Crippen molar-refractivity contribution in [3.05, 3.63) is 176 Å². The van der Waals surface area contributed by atoms with Gasteiger partial charge in [-0.2, -0.15) is 0 Å². The SMILES string of the molecule is c1ccc(-c2ccc(N(c3cccc(-c4ccccc4)c3)c3ccc4ccc5c6ccccc6ccc5c4c3)cc2)cc1. The number of anilines is 3. The third-order valence-electron chi connectivity index (χ3n) is 8.43. The number of hydrogen-bond acceptors (Lipinski definition) is 1. The number of fused-ring (bicyclic) bond motifs is 5. The summed E-state index contributed by atoms with van der Waals surface area (Å²) in [7, 11) is 0. The first-order chi connectivity index (χ1) is 21.3. The highest BCUT2D eigenvalue weighted by Crippen LogP contribution is 2.40. The fourth-order valence-electron chi connectivity index (χ4n) is 6.28. The van der Waals surface area contributed by atoms with Crippen LogP contribution in [0.3, 0.4) is 0 Å². The molecule has 0 aliphatic carbocycles. The lowest BCUT2D eigenvalue weighted by atomic mass is 9.96. The zero-order valence-corrected chi connectivity index (χ0v) is 23.7. The van der Waals surface area contributed by atoms with Crippen LogP contribution in [-0.4, -0.2) is 0 Å². The Bertz CT molecular complexity index is 2220. The van der Waals surface area contributed by atoms with Crippen LogP contribution < -0.4 is 4.90 Å². The Kier molecular flexibility index (Phi) is 6.20. The summed E-state index contributed by atoms with van der Waals surface area (Å²) in [5, 5.41) is 7.61. The minimum atomic E-state index is 1.12. The monoisotopic (exact) mass is 547 g/mol. The number of nitrogens with zero attached hydrogens (tertiary/aromatic N) is 1. The molecule has 0 aliphatic heterocycles. The summed E-state index contributed by atoms with van der Waals surface area (Å²) in [5.41, 5.74) is 8.20. The molecule has 1 nitrogen and oxygen atoms in total. The highest BCUT2D eigenvalue weighted by atomic mass is 15.1. The van der Waals surface area contributed by atoms with Crippen LogP contribution in [0, 0.1) is 0 Å². The maximum atomic E-state index is 2.38. The topological polar surface area (TPSA) is 3.24 Å². The Morgan fingerprint density at radius 1 is 0.256 bits per heavy atom. The predicted molar refractivity (Wildman–Crippen MR) is 185 cm³/mol. The van der Waals surface area contributed by atoms with Crippen LogP contribution in [0.25, 0.3) is 54.6 Å². The van der Waals surface area contributed by atoms with Gasteiger partial charge in [-0.15, -0.1) is 0 Å². The molecule has 0 radical (unpaired) electrons. The molecule has 0 saturated heterocycles. The first kappa shape index (κ1) is 25.1. The maximum absolute atomic E-state index is 2.38. The van der Waals surface area contributed by atoms with Crippen molar-refractivity contribution in [3.63, 3.8) is 0 Å². The van der Waals surface area contributed by atoms with E-state index in [-0.39, 0.29) is 0 Å². The minimum absolute atomic E-state index is 1.12. The van der Waals surface area contributed by atoms with E-state index in [1.165, 1.54) is 54.6 Å². The molecule has 8 aromatic rings. The van der Waals surface area contributed by atoms with Gasteiger partial charge in [0, 0.05) is 17.1 Å². The predicted octanol–water partition coefficient (Wildman–Crippen LogP) is 11.9. The second kappa shape index (κ2) is 10.6. The summed E-state index contributed by atoms with van der Waals surface area (Å²) in [5.74, 6) is 0. The molecule has 1 heteroatoms. The molecule has 8 rings (SSSR count). The average molecular weight is 548 g/mol. The molecule has 0 N–H and O–H groups in total. The second-order valence-corrected chi connectivity index (χ2v) is 11.0. The van der Waals surface area contributed by atoms with Crippen molar-refractivity contribution in [1.82, 2.24) is 0 Å². The van der Waals surface area contributed by atoms with Crippen molar-refractivity contribution in [2.45, 2.75) is 0 Å². The summed E-state index contributed by atoms with van der Waals surface area (Å²) in [6.07, 6.45) is 0. The van der Waals surface area contributed by atoms with Gasteiger partial charge >= 0.3 is 0 Å². The zero-order valence-electron chi connectivity index (χ0n) is 23.7. The Balaban J connectivity index is 1.32. The number of benzene rings is 8. The molecule has 0 atom stereocenters. The maximum Gasteiger partial charge on any atom is 0.0468 e. The lowest BCUT2D eigenvalue weighted by Crippen LogP contribution is -2.10. The van der Waals surface area contributed by atoms with Crippen LogP contribution in [0.15, 0.2) is 176 Å². The molecule has 0 amide bonds. The Morgan fingerprint density at radius 3 is 1.51 bits per heavy atom. The van der Waals surface area contributed by atoms with Crippen molar-refractivity contribution < 1.29 is 0 Å². The van der Waals surface area contributed by atoms with Crippen LogP contribution in [0.1, 0.15) is 0 Å². The van der Waals surface area contributed by atoms with Crippen LogP contribution in [0.2, 0.25) is 0 Å². The third-order valence-corrected chi connectivity index (χ3v) is 8.43. The zero-order chi connectivity index (χ0) is 28.6. The normalized spacial score (nSPS) is 11.3. The van der Waals surface area contributed by atoms with Crippen molar-refractivity contribution >= 4 is 49.4 Å². The molecule has 0 aliphatic rings. The van der Waals surface area contributed by atoms with E-state index in [2.05, 4.69) is 181 Å². The van der Waals surface area contributed by atoms with E-state index in [0.29, 0.717) is 0 Å². The Morgan fingerprint density at radius 2 is 0.767 bits per heavy atom. The highest BCUT2D eigenvalue weighted by Gasteiger charge is 2.15. The lowest BCUT2D eigenvalue weighted by Gasteiger charge is -2.27. The van der Waals surface area contributed by atoms with Gasteiger partial charge in [-0.25, -0.2) is 0 Å². The summed E-state index contributed by atoms with van der Waals surface area (Å²) in [4.78, 5) is 2.38. The van der Waals surface area contributed by atoms with Crippen LogP contribution >= 0.6 is 0 Å². The molecule has 0 heterocycles. The van der Waals surface area contributed by atoms with Crippen molar-refractivity contribution in [2.75, 3.05) is 4.90 Å². The molecule has 43 heavy (non-hydrogen) atoms. The van der Waals surface area contributed by atoms with Gasteiger partial charge in [0.05, 0.1) is 0 Å². The lowest BCUT2D eigenvalue weighted by molar-refractivity contribution is 1.29. The fourth-order valence-corrected chi connectivity index (χ4v) is 6.28. The highest BCUT2D eigenvalue weighted by molar-refractivity contribution is 6.17. The first-order valence-corrected chi connectivity index (χ1v) is 14.8. The number of rotatable bonds is 5. The van der Waals surface area contributed by atoms with E-state index in [1.807, 2.05) is 0 Å². The van der Waals surface area contributed by atoms with Gasteiger partial charge in [0.2, 0.25) is 0 Å². The van der Waals surface area contributed by atoms with Gasteiger partial charge in [-0.3, -0.25) is 0 Å². The standard InChI is InChI=1S/C42H29N/c1-3-10-30(11-4-1)32-18-23-36(24-19-32)43(37-16-9-15-35(28-37)31-12-5-2-6-13-31)38-25-20-34-22-26-40-39-17-8-7-14-33(39)21-27-41(40)42(34)29-38/h1-29H. The van der Waals surface area contributed by atoms with Crippen molar-refractivity contribution in [3.8, 4) is 22.3 Å². The van der Waals surface area contributed by atoms with E-state index in [0.717, 1.165) is 17.1 Å². The molecule has 0 bridgehead atoms. The molecule has 0 aromatic heterocycles. The van der Waals surface area contributed by atoms with Gasteiger partial charge < -0.3 is 4.90 Å². The molecule has 0 unspecified atom stereocenters. The summed E-state index contributed by atoms with van der Waals surface area (Å²) in [6.45, 7) is 0.